The number of halogens is 2. The fourth-order valence-electron chi connectivity index (χ4n) is 2.25. The van der Waals surface area contributed by atoms with Gasteiger partial charge in [-0.2, -0.15) is 5.26 Å². The topological polar surface area (TPSA) is 64.9 Å². The van der Waals surface area contributed by atoms with E-state index in [2.05, 4.69) is 16.7 Å². The Hall–Kier alpha value is -1.44. The Morgan fingerprint density at radius 3 is 2.58 bits per heavy atom. The van der Waals surface area contributed by atoms with Crippen molar-refractivity contribution in [3.8, 4) is 6.07 Å². The van der Waals surface area contributed by atoms with Crippen molar-refractivity contribution in [1.29, 1.82) is 5.26 Å². The highest BCUT2D eigenvalue weighted by Crippen LogP contribution is 2.25. The SMILES string of the molecule is N#CC1CCCC1NC(=O)Nc1cc(Cl)cc(Cl)c1. The molecule has 0 aromatic heterocycles. The van der Waals surface area contributed by atoms with Gasteiger partial charge in [-0.15, -0.1) is 0 Å². The molecule has 1 aromatic carbocycles. The molecule has 0 saturated heterocycles. The van der Waals surface area contributed by atoms with E-state index < -0.39 is 0 Å². The molecule has 1 fully saturated rings. The van der Waals surface area contributed by atoms with Gasteiger partial charge in [-0.25, -0.2) is 4.79 Å². The van der Waals surface area contributed by atoms with Gasteiger partial charge in [0.05, 0.1) is 12.0 Å². The standard InChI is InChI=1S/C13H13Cl2N3O/c14-9-4-10(15)6-11(5-9)17-13(19)18-12-3-1-2-8(12)7-16/h4-6,8,12H,1-3H2,(H2,17,18,19). The number of nitrogens with zero attached hydrogens (tertiary/aromatic N) is 1. The van der Waals surface area contributed by atoms with Crippen LogP contribution in [-0.4, -0.2) is 12.1 Å². The van der Waals surface area contributed by atoms with E-state index in [9.17, 15) is 4.79 Å². The second-order valence-corrected chi connectivity index (χ2v) is 5.40. The molecule has 2 N–H and O–H groups in total. The number of amides is 2. The first-order valence-electron chi connectivity index (χ1n) is 6.01. The number of urea groups is 1. The molecule has 100 valence electrons. The minimum absolute atomic E-state index is 0.0837. The van der Waals surface area contributed by atoms with Crippen molar-refractivity contribution >= 4 is 34.9 Å². The maximum absolute atomic E-state index is 11.8. The summed E-state index contributed by atoms with van der Waals surface area (Å²) in [4.78, 5) is 11.8. The number of carbonyl (C=O) groups is 1. The van der Waals surface area contributed by atoms with Gasteiger partial charge in [-0.05, 0) is 37.5 Å². The molecule has 0 aliphatic heterocycles. The van der Waals surface area contributed by atoms with Crippen LogP contribution in [0.4, 0.5) is 10.5 Å². The number of rotatable bonds is 2. The second kappa shape index (κ2) is 6.14. The molecule has 1 saturated carbocycles. The Bertz CT molecular complexity index is 507. The van der Waals surface area contributed by atoms with Crippen molar-refractivity contribution < 1.29 is 4.79 Å². The van der Waals surface area contributed by atoms with Crippen LogP contribution in [0.2, 0.25) is 10.0 Å². The molecule has 0 spiro atoms. The first kappa shape index (κ1) is 14.0. The summed E-state index contributed by atoms with van der Waals surface area (Å²) in [6, 6.07) is 6.61. The van der Waals surface area contributed by atoms with E-state index in [0.717, 1.165) is 19.3 Å². The monoisotopic (exact) mass is 297 g/mol. The van der Waals surface area contributed by atoms with Crippen LogP contribution >= 0.6 is 23.2 Å². The van der Waals surface area contributed by atoms with Crippen LogP contribution in [0.1, 0.15) is 19.3 Å². The van der Waals surface area contributed by atoms with E-state index in [4.69, 9.17) is 28.5 Å². The molecule has 0 radical (unpaired) electrons. The largest absolute Gasteiger partial charge is 0.334 e. The number of nitriles is 1. The summed E-state index contributed by atoms with van der Waals surface area (Å²) >= 11 is 11.7. The lowest BCUT2D eigenvalue weighted by Gasteiger charge is -2.16. The van der Waals surface area contributed by atoms with Crippen molar-refractivity contribution in [2.75, 3.05) is 5.32 Å². The first-order valence-corrected chi connectivity index (χ1v) is 6.77. The van der Waals surface area contributed by atoms with Gasteiger partial charge in [0.2, 0.25) is 0 Å². The first-order chi connectivity index (χ1) is 9.08. The molecular weight excluding hydrogens is 285 g/mol. The van der Waals surface area contributed by atoms with Gasteiger partial charge in [0, 0.05) is 21.8 Å². The van der Waals surface area contributed by atoms with E-state index in [0.29, 0.717) is 15.7 Å². The predicted molar refractivity (Wildman–Crippen MR) is 75.4 cm³/mol. The molecule has 2 unspecified atom stereocenters. The Labute approximate surface area is 121 Å². The third kappa shape index (κ3) is 3.76. The molecule has 0 bridgehead atoms. The molecule has 2 atom stereocenters. The summed E-state index contributed by atoms with van der Waals surface area (Å²) in [7, 11) is 0. The number of nitrogens with one attached hydrogen (secondary N) is 2. The Morgan fingerprint density at radius 1 is 1.26 bits per heavy atom. The summed E-state index contributed by atoms with van der Waals surface area (Å²) in [5.41, 5.74) is 0.529. The van der Waals surface area contributed by atoms with Gasteiger partial charge in [0.15, 0.2) is 0 Å². The van der Waals surface area contributed by atoms with Crippen LogP contribution < -0.4 is 10.6 Å². The van der Waals surface area contributed by atoms with Crippen LogP contribution in [0, 0.1) is 17.2 Å². The Kier molecular flexibility index (Phi) is 4.52. The van der Waals surface area contributed by atoms with Gasteiger partial charge < -0.3 is 10.6 Å². The number of hydrogen-bond donors (Lipinski definition) is 2. The van der Waals surface area contributed by atoms with Crippen molar-refractivity contribution in [1.82, 2.24) is 5.32 Å². The van der Waals surface area contributed by atoms with E-state index >= 15 is 0 Å². The van der Waals surface area contributed by atoms with Crippen LogP contribution in [0.5, 0.6) is 0 Å². The number of hydrogen-bond acceptors (Lipinski definition) is 2. The van der Waals surface area contributed by atoms with Crippen LogP contribution in [0.25, 0.3) is 0 Å². The molecule has 1 aromatic rings. The Morgan fingerprint density at radius 2 is 1.95 bits per heavy atom. The average Bonchev–Trinajstić information content (AvgIpc) is 2.74. The average molecular weight is 298 g/mol. The van der Waals surface area contributed by atoms with Gasteiger partial charge >= 0.3 is 6.03 Å². The molecule has 6 heteroatoms. The van der Waals surface area contributed by atoms with Gasteiger partial charge in [0.25, 0.3) is 0 Å². The van der Waals surface area contributed by atoms with Gasteiger partial charge in [0.1, 0.15) is 0 Å². The summed E-state index contributed by atoms with van der Waals surface area (Å²) in [5, 5.41) is 15.3. The van der Waals surface area contributed by atoms with Crippen molar-refractivity contribution in [3.05, 3.63) is 28.2 Å². The summed E-state index contributed by atoms with van der Waals surface area (Å²) in [5.74, 6) is -0.103. The highest BCUT2D eigenvalue weighted by Gasteiger charge is 2.28. The summed E-state index contributed by atoms with van der Waals surface area (Å²) in [6.45, 7) is 0. The van der Waals surface area contributed by atoms with E-state index in [1.807, 2.05) is 0 Å². The summed E-state index contributed by atoms with van der Waals surface area (Å²) < 4.78 is 0. The fourth-order valence-corrected chi connectivity index (χ4v) is 2.77. The molecule has 0 heterocycles. The van der Waals surface area contributed by atoms with Crippen molar-refractivity contribution in [2.24, 2.45) is 5.92 Å². The fraction of sp³-hybridized carbons (Fsp3) is 0.385. The van der Waals surface area contributed by atoms with Crippen molar-refractivity contribution in [3.63, 3.8) is 0 Å². The predicted octanol–water partition coefficient (Wildman–Crippen LogP) is 3.81. The van der Waals surface area contributed by atoms with Crippen LogP contribution in [0.3, 0.4) is 0 Å². The highest BCUT2D eigenvalue weighted by molar-refractivity contribution is 6.35. The lowest BCUT2D eigenvalue weighted by Crippen LogP contribution is -2.39. The molecule has 2 amide bonds. The number of anilines is 1. The molecule has 1 aliphatic carbocycles. The number of benzene rings is 1. The molecular formula is C13H13Cl2N3O. The normalized spacial score (nSPS) is 21.7. The van der Waals surface area contributed by atoms with E-state index in [1.165, 1.54) is 0 Å². The van der Waals surface area contributed by atoms with Crippen LogP contribution in [0.15, 0.2) is 18.2 Å². The third-order valence-corrected chi connectivity index (χ3v) is 3.56. The zero-order valence-electron chi connectivity index (χ0n) is 10.1. The quantitative estimate of drug-likeness (QED) is 0.872. The van der Waals surface area contributed by atoms with E-state index in [1.54, 1.807) is 18.2 Å². The maximum Gasteiger partial charge on any atom is 0.319 e. The second-order valence-electron chi connectivity index (χ2n) is 4.53. The minimum atomic E-state index is -0.342. The maximum atomic E-state index is 11.8. The summed E-state index contributed by atoms with van der Waals surface area (Å²) in [6.07, 6.45) is 2.64. The molecule has 1 aliphatic rings. The Balaban J connectivity index is 1.96. The third-order valence-electron chi connectivity index (χ3n) is 3.12. The van der Waals surface area contributed by atoms with Gasteiger partial charge in [-0.3, -0.25) is 0 Å². The zero-order valence-corrected chi connectivity index (χ0v) is 11.6. The number of carbonyl (C=O) groups excluding carboxylic acids is 1. The zero-order chi connectivity index (χ0) is 13.8. The smallest absolute Gasteiger partial charge is 0.319 e. The molecule has 2 rings (SSSR count). The highest BCUT2D eigenvalue weighted by atomic mass is 35.5. The molecule has 19 heavy (non-hydrogen) atoms. The van der Waals surface area contributed by atoms with Crippen molar-refractivity contribution in [2.45, 2.75) is 25.3 Å². The lowest BCUT2D eigenvalue weighted by atomic mass is 10.1. The lowest BCUT2D eigenvalue weighted by molar-refractivity contribution is 0.247. The van der Waals surface area contributed by atoms with E-state index in [-0.39, 0.29) is 18.0 Å². The van der Waals surface area contributed by atoms with Gasteiger partial charge in [-0.1, -0.05) is 23.2 Å². The minimum Gasteiger partial charge on any atom is -0.334 e. The molecule has 4 nitrogen and oxygen atoms in total. The van der Waals surface area contributed by atoms with Crippen LogP contribution in [-0.2, 0) is 0 Å².